The van der Waals surface area contributed by atoms with Crippen molar-refractivity contribution >= 4 is 23.8 Å². The number of hydrogen-bond donors (Lipinski definition) is 2. The van der Waals surface area contributed by atoms with Crippen molar-refractivity contribution in [1.29, 1.82) is 0 Å². The molecule has 42 heavy (non-hydrogen) atoms. The number of benzene rings is 2. The van der Waals surface area contributed by atoms with E-state index in [9.17, 15) is 10.2 Å². The van der Waals surface area contributed by atoms with Crippen LogP contribution in [0, 0.1) is 23.2 Å². The predicted octanol–water partition coefficient (Wildman–Crippen LogP) is 9.45. The van der Waals surface area contributed by atoms with Crippen LogP contribution in [0.2, 0.25) is 0 Å². The van der Waals surface area contributed by atoms with Gasteiger partial charge >= 0.3 is 0 Å². The van der Waals surface area contributed by atoms with Crippen LogP contribution in [-0.4, -0.2) is 35.9 Å². The standard InChI is InChI=1S/C38H52N2O2/c1-3-27-15-18-39-36-22-32(29-11-7-8-16-38(24-41,25-42)17-14-29)20-34(37(27)36)30-12-13-31-19-33(23-40-35(31)21-30)26(2)28-9-5-4-6-10-28/h12-13,18,20-23,26-29,33,41-42H,3-11,14-17,19,24-25H2,1-2H3. The van der Waals surface area contributed by atoms with E-state index in [2.05, 4.69) is 56.6 Å². The number of aliphatic hydroxyl groups is 2. The molecule has 2 N–H and O–H groups in total. The third-order valence-corrected chi connectivity index (χ3v) is 11.7. The Kier molecular flexibility index (Phi) is 9.31. The van der Waals surface area contributed by atoms with Crippen molar-refractivity contribution < 1.29 is 10.2 Å². The number of aliphatic hydroxyl groups excluding tert-OH is 2. The molecule has 2 fully saturated rings. The number of hydrogen-bond acceptors (Lipinski definition) is 4. The summed E-state index contributed by atoms with van der Waals surface area (Å²) in [4.78, 5) is 10.1. The highest BCUT2D eigenvalue weighted by Crippen LogP contribution is 2.47. The molecule has 2 saturated carbocycles. The van der Waals surface area contributed by atoms with Crippen LogP contribution in [0.4, 0.5) is 11.4 Å². The lowest BCUT2D eigenvalue weighted by atomic mass is 9.72. The molecule has 0 radical (unpaired) electrons. The van der Waals surface area contributed by atoms with Crippen LogP contribution in [0.3, 0.4) is 0 Å². The summed E-state index contributed by atoms with van der Waals surface area (Å²) in [6.07, 6.45) is 20.7. The third kappa shape index (κ3) is 6.04. The quantitative estimate of drug-likeness (QED) is 0.349. The van der Waals surface area contributed by atoms with E-state index in [0.717, 1.165) is 75.1 Å². The maximum atomic E-state index is 10.1. The molecule has 4 unspecified atom stereocenters. The van der Waals surface area contributed by atoms with Gasteiger partial charge in [-0.1, -0.05) is 77.0 Å². The van der Waals surface area contributed by atoms with E-state index in [1.165, 1.54) is 59.9 Å². The summed E-state index contributed by atoms with van der Waals surface area (Å²) in [6.45, 7) is 4.91. The van der Waals surface area contributed by atoms with E-state index in [1.54, 1.807) is 0 Å². The number of fused-ring (bicyclic) bond motifs is 2. The van der Waals surface area contributed by atoms with Crippen LogP contribution < -0.4 is 0 Å². The van der Waals surface area contributed by atoms with Crippen molar-refractivity contribution in [3.05, 3.63) is 47.0 Å². The van der Waals surface area contributed by atoms with Crippen molar-refractivity contribution in [2.45, 2.75) is 116 Å². The largest absolute Gasteiger partial charge is 0.396 e. The van der Waals surface area contributed by atoms with E-state index in [4.69, 9.17) is 9.98 Å². The van der Waals surface area contributed by atoms with Gasteiger partial charge in [-0.05, 0) is 109 Å². The molecule has 4 atom stereocenters. The van der Waals surface area contributed by atoms with Gasteiger partial charge in [0.25, 0.3) is 0 Å². The molecule has 6 rings (SSSR count). The van der Waals surface area contributed by atoms with E-state index < -0.39 is 0 Å². The summed E-state index contributed by atoms with van der Waals surface area (Å²) in [5, 5.41) is 20.3. The average molecular weight is 569 g/mol. The first-order chi connectivity index (χ1) is 20.5. The fourth-order valence-electron chi connectivity index (χ4n) is 8.62. The summed E-state index contributed by atoms with van der Waals surface area (Å²) in [7, 11) is 0. The van der Waals surface area contributed by atoms with Crippen LogP contribution in [0.25, 0.3) is 11.1 Å². The summed E-state index contributed by atoms with van der Waals surface area (Å²) in [5.74, 6) is 3.00. The zero-order valence-electron chi connectivity index (χ0n) is 26.0. The second-order valence-electron chi connectivity index (χ2n) is 14.2. The molecule has 4 nitrogen and oxygen atoms in total. The SMILES string of the molecule is CCC1CC=Nc2cc(C3CCCCC(CO)(CO)CC3)cc(-c3ccc4c(c3)N=CC(C(C)C3CCCCC3)C4)c21. The smallest absolute Gasteiger partial charge is 0.0669 e. The molecule has 0 amide bonds. The Hall–Kier alpha value is -2.30. The zero-order chi connectivity index (χ0) is 29.1. The molecule has 2 aliphatic heterocycles. The van der Waals surface area contributed by atoms with Gasteiger partial charge in [-0.3, -0.25) is 9.98 Å². The fourth-order valence-corrected chi connectivity index (χ4v) is 8.62. The molecule has 0 saturated heterocycles. The van der Waals surface area contributed by atoms with Gasteiger partial charge in [0.15, 0.2) is 0 Å². The second-order valence-corrected chi connectivity index (χ2v) is 14.2. The predicted molar refractivity (Wildman–Crippen MR) is 176 cm³/mol. The van der Waals surface area contributed by atoms with Gasteiger partial charge in [-0.25, -0.2) is 0 Å². The Morgan fingerprint density at radius 1 is 0.881 bits per heavy atom. The minimum atomic E-state index is -0.343. The average Bonchev–Trinajstić information content (AvgIpc) is 3.04. The normalized spacial score (nSPS) is 26.6. The first-order valence-electron chi connectivity index (χ1n) is 17.1. The molecule has 2 aromatic rings. The lowest BCUT2D eigenvalue weighted by Crippen LogP contribution is -2.31. The molecule has 226 valence electrons. The van der Waals surface area contributed by atoms with Crippen molar-refractivity contribution in [2.75, 3.05) is 13.2 Å². The van der Waals surface area contributed by atoms with Gasteiger partial charge in [-0.2, -0.15) is 0 Å². The summed E-state index contributed by atoms with van der Waals surface area (Å²) < 4.78 is 0. The Morgan fingerprint density at radius 3 is 2.48 bits per heavy atom. The molecular formula is C38H52N2O2. The highest BCUT2D eigenvalue weighted by atomic mass is 16.3. The molecule has 4 aliphatic rings. The van der Waals surface area contributed by atoms with Gasteiger partial charge < -0.3 is 10.2 Å². The maximum Gasteiger partial charge on any atom is 0.0669 e. The lowest BCUT2D eigenvalue weighted by molar-refractivity contribution is 0.0302. The lowest BCUT2D eigenvalue weighted by Gasteiger charge is -2.35. The van der Waals surface area contributed by atoms with Crippen LogP contribution in [0.5, 0.6) is 0 Å². The van der Waals surface area contributed by atoms with Crippen molar-refractivity contribution in [1.82, 2.24) is 0 Å². The zero-order valence-corrected chi connectivity index (χ0v) is 26.0. The maximum absolute atomic E-state index is 10.1. The Labute approximate surface area is 253 Å². The van der Waals surface area contributed by atoms with Crippen LogP contribution >= 0.6 is 0 Å². The van der Waals surface area contributed by atoms with Gasteiger partial charge in [-0.15, -0.1) is 0 Å². The first-order valence-corrected chi connectivity index (χ1v) is 17.1. The molecule has 2 aromatic carbocycles. The van der Waals surface area contributed by atoms with Crippen molar-refractivity contribution in [2.24, 2.45) is 33.2 Å². The van der Waals surface area contributed by atoms with Crippen molar-refractivity contribution in [3.8, 4) is 11.1 Å². The van der Waals surface area contributed by atoms with Gasteiger partial charge in [0.05, 0.1) is 24.6 Å². The van der Waals surface area contributed by atoms with E-state index in [1.807, 2.05) is 0 Å². The Morgan fingerprint density at radius 2 is 1.69 bits per heavy atom. The molecule has 2 aliphatic carbocycles. The van der Waals surface area contributed by atoms with Crippen LogP contribution in [0.15, 0.2) is 40.3 Å². The molecule has 0 bridgehead atoms. The van der Waals surface area contributed by atoms with E-state index >= 15 is 0 Å². The third-order valence-electron chi connectivity index (χ3n) is 11.7. The van der Waals surface area contributed by atoms with Crippen LogP contribution in [0.1, 0.15) is 126 Å². The van der Waals surface area contributed by atoms with Gasteiger partial charge in [0.2, 0.25) is 0 Å². The molecular weight excluding hydrogens is 516 g/mol. The van der Waals surface area contributed by atoms with E-state index in [0.29, 0.717) is 23.7 Å². The number of aliphatic imine (C=N–C) groups is 2. The topological polar surface area (TPSA) is 65.2 Å². The fraction of sp³-hybridized carbons (Fsp3) is 0.632. The van der Waals surface area contributed by atoms with Crippen molar-refractivity contribution in [3.63, 3.8) is 0 Å². The minimum absolute atomic E-state index is 0.0735. The summed E-state index contributed by atoms with van der Waals surface area (Å²) >= 11 is 0. The second kappa shape index (κ2) is 13.1. The molecule has 0 aromatic heterocycles. The Bertz CT molecular complexity index is 1290. The number of nitrogens with zero attached hydrogens (tertiary/aromatic N) is 2. The summed E-state index contributed by atoms with van der Waals surface area (Å²) in [6, 6.07) is 11.9. The monoisotopic (exact) mass is 568 g/mol. The molecule has 4 heteroatoms. The van der Waals surface area contributed by atoms with E-state index in [-0.39, 0.29) is 18.6 Å². The highest BCUT2D eigenvalue weighted by molar-refractivity contribution is 5.83. The molecule has 0 spiro atoms. The highest BCUT2D eigenvalue weighted by Gasteiger charge is 2.33. The first kappa shape index (κ1) is 29.8. The van der Waals surface area contributed by atoms with Gasteiger partial charge in [0.1, 0.15) is 0 Å². The molecule has 2 heterocycles. The summed E-state index contributed by atoms with van der Waals surface area (Å²) in [5.41, 5.74) is 8.71. The Balaban J connectivity index is 1.32. The minimum Gasteiger partial charge on any atom is -0.396 e. The van der Waals surface area contributed by atoms with Gasteiger partial charge in [0, 0.05) is 23.8 Å². The van der Waals surface area contributed by atoms with Crippen LogP contribution in [-0.2, 0) is 6.42 Å². The number of rotatable bonds is 7.